The number of allylic oxidation sites excluding steroid dienone is 4. The molecule has 0 spiro atoms. The summed E-state index contributed by atoms with van der Waals surface area (Å²) in [6, 6.07) is 0. The molecule has 0 fully saturated rings. The highest BCUT2D eigenvalue weighted by molar-refractivity contribution is 5.69. The predicted octanol–water partition coefficient (Wildman–Crippen LogP) is 4.80. The Labute approximate surface area is 112 Å². The molecule has 0 aromatic heterocycles. The first kappa shape index (κ1) is 16.9. The SMILES string of the molecule is CCC/C=C\CCCC/C=C/CCC(=O)OCC. The fraction of sp³-hybridized carbons (Fsp3) is 0.688. The lowest BCUT2D eigenvalue weighted by Gasteiger charge is -1.98. The van der Waals surface area contributed by atoms with Crippen LogP contribution >= 0.6 is 0 Å². The van der Waals surface area contributed by atoms with Crippen LogP contribution in [0.15, 0.2) is 24.3 Å². The van der Waals surface area contributed by atoms with Gasteiger partial charge in [0.05, 0.1) is 6.61 Å². The molecular weight excluding hydrogens is 224 g/mol. The van der Waals surface area contributed by atoms with Crippen molar-refractivity contribution in [3.8, 4) is 0 Å². The summed E-state index contributed by atoms with van der Waals surface area (Å²) >= 11 is 0. The van der Waals surface area contributed by atoms with Crippen LogP contribution < -0.4 is 0 Å². The second-order valence-electron chi connectivity index (χ2n) is 4.36. The molecule has 0 aliphatic rings. The first-order chi connectivity index (χ1) is 8.81. The van der Waals surface area contributed by atoms with E-state index >= 15 is 0 Å². The van der Waals surface area contributed by atoms with Crippen molar-refractivity contribution in [3.05, 3.63) is 24.3 Å². The van der Waals surface area contributed by atoms with Crippen molar-refractivity contribution in [2.24, 2.45) is 0 Å². The highest BCUT2D eigenvalue weighted by atomic mass is 16.5. The molecule has 18 heavy (non-hydrogen) atoms. The maximum Gasteiger partial charge on any atom is 0.306 e. The van der Waals surface area contributed by atoms with Gasteiger partial charge >= 0.3 is 5.97 Å². The Morgan fingerprint density at radius 2 is 1.44 bits per heavy atom. The Morgan fingerprint density at radius 1 is 0.889 bits per heavy atom. The third-order valence-corrected chi connectivity index (χ3v) is 2.60. The van der Waals surface area contributed by atoms with Crippen molar-refractivity contribution in [1.82, 2.24) is 0 Å². The fourth-order valence-electron chi connectivity index (χ4n) is 1.60. The smallest absolute Gasteiger partial charge is 0.306 e. The maximum absolute atomic E-state index is 11.0. The van der Waals surface area contributed by atoms with Crippen LogP contribution in [0.3, 0.4) is 0 Å². The van der Waals surface area contributed by atoms with Gasteiger partial charge in [0.25, 0.3) is 0 Å². The summed E-state index contributed by atoms with van der Waals surface area (Å²) in [7, 11) is 0. The third-order valence-electron chi connectivity index (χ3n) is 2.60. The van der Waals surface area contributed by atoms with Gasteiger partial charge in [0, 0.05) is 6.42 Å². The third kappa shape index (κ3) is 13.0. The van der Waals surface area contributed by atoms with Crippen molar-refractivity contribution in [1.29, 1.82) is 0 Å². The molecule has 0 radical (unpaired) electrons. The first-order valence-corrected chi connectivity index (χ1v) is 7.26. The lowest BCUT2D eigenvalue weighted by molar-refractivity contribution is -0.142. The Balaban J connectivity index is 3.25. The van der Waals surface area contributed by atoms with Crippen molar-refractivity contribution < 1.29 is 9.53 Å². The van der Waals surface area contributed by atoms with E-state index < -0.39 is 0 Å². The zero-order chi connectivity index (χ0) is 13.5. The maximum atomic E-state index is 11.0. The molecule has 0 N–H and O–H groups in total. The minimum absolute atomic E-state index is 0.0942. The molecule has 0 aliphatic heterocycles. The number of carbonyl (C=O) groups is 1. The molecule has 0 bridgehead atoms. The van der Waals surface area contributed by atoms with E-state index in [4.69, 9.17) is 4.74 Å². The Morgan fingerprint density at radius 3 is 2.00 bits per heavy atom. The number of carbonyl (C=O) groups excluding carboxylic acids is 1. The molecular formula is C16H28O2. The summed E-state index contributed by atoms with van der Waals surface area (Å²) in [4.78, 5) is 11.0. The van der Waals surface area contributed by atoms with Gasteiger partial charge in [0.15, 0.2) is 0 Å². The van der Waals surface area contributed by atoms with Gasteiger partial charge in [-0.2, -0.15) is 0 Å². The van der Waals surface area contributed by atoms with Crippen LogP contribution in [-0.2, 0) is 9.53 Å². The van der Waals surface area contributed by atoms with Crippen molar-refractivity contribution in [2.45, 2.75) is 65.2 Å². The monoisotopic (exact) mass is 252 g/mol. The number of unbranched alkanes of at least 4 members (excludes halogenated alkanes) is 4. The van der Waals surface area contributed by atoms with Gasteiger partial charge in [-0.3, -0.25) is 4.79 Å². The molecule has 0 saturated carbocycles. The molecule has 0 aliphatic carbocycles. The van der Waals surface area contributed by atoms with Gasteiger partial charge < -0.3 is 4.74 Å². The van der Waals surface area contributed by atoms with Gasteiger partial charge in [-0.25, -0.2) is 0 Å². The average molecular weight is 252 g/mol. The van der Waals surface area contributed by atoms with Gasteiger partial charge in [0.2, 0.25) is 0 Å². The number of ether oxygens (including phenoxy) is 1. The molecule has 0 rings (SSSR count). The second kappa shape index (κ2) is 14.0. The normalized spacial score (nSPS) is 11.4. The highest BCUT2D eigenvalue weighted by Gasteiger charge is 1.97. The van der Waals surface area contributed by atoms with Gasteiger partial charge in [-0.05, 0) is 45.4 Å². The summed E-state index contributed by atoms with van der Waals surface area (Å²) < 4.78 is 4.85. The average Bonchev–Trinajstić information content (AvgIpc) is 2.36. The first-order valence-electron chi connectivity index (χ1n) is 7.26. The Hall–Kier alpha value is -1.05. The Bertz CT molecular complexity index is 241. The summed E-state index contributed by atoms with van der Waals surface area (Å²) in [6.07, 6.45) is 17.4. The van der Waals surface area contributed by atoms with E-state index in [1.807, 2.05) is 6.92 Å². The van der Waals surface area contributed by atoms with Crippen LogP contribution in [0.5, 0.6) is 0 Å². The molecule has 0 aromatic rings. The molecule has 0 heterocycles. The summed E-state index contributed by atoms with van der Waals surface area (Å²) in [5.41, 5.74) is 0. The van der Waals surface area contributed by atoms with E-state index in [2.05, 4.69) is 31.2 Å². The summed E-state index contributed by atoms with van der Waals surface area (Å²) in [6.45, 7) is 4.52. The molecule has 0 atom stereocenters. The lowest BCUT2D eigenvalue weighted by Crippen LogP contribution is -2.02. The van der Waals surface area contributed by atoms with Crippen LogP contribution in [0.2, 0.25) is 0 Å². The molecule has 0 saturated heterocycles. The van der Waals surface area contributed by atoms with Gasteiger partial charge in [-0.15, -0.1) is 0 Å². The van der Waals surface area contributed by atoms with E-state index in [9.17, 15) is 4.79 Å². The minimum Gasteiger partial charge on any atom is -0.466 e. The quantitative estimate of drug-likeness (QED) is 0.300. The van der Waals surface area contributed by atoms with Crippen molar-refractivity contribution in [2.75, 3.05) is 6.61 Å². The number of hydrogen-bond donors (Lipinski definition) is 0. The summed E-state index contributed by atoms with van der Waals surface area (Å²) in [5, 5.41) is 0. The van der Waals surface area contributed by atoms with E-state index in [0.29, 0.717) is 13.0 Å². The van der Waals surface area contributed by atoms with Crippen LogP contribution in [0, 0.1) is 0 Å². The molecule has 0 amide bonds. The zero-order valence-corrected chi connectivity index (χ0v) is 12.0. The summed E-state index contributed by atoms with van der Waals surface area (Å²) in [5.74, 6) is -0.0942. The molecule has 104 valence electrons. The van der Waals surface area contributed by atoms with Gasteiger partial charge in [-0.1, -0.05) is 37.6 Å². The van der Waals surface area contributed by atoms with Crippen LogP contribution in [-0.4, -0.2) is 12.6 Å². The molecule has 0 aromatic carbocycles. The number of esters is 1. The van der Waals surface area contributed by atoms with Gasteiger partial charge in [0.1, 0.15) is 0 Å². The second-order valence-corrected chi connectivity index (χ2v) is 4.36. The van der Waals surface area contributed by atoms with E-state index in [0.717, 1.165) is 12.8 Å². The zero-order valence-electron chi connectivity index (χ0n) is 12.0. The lowest BCUT2D eigenvalue weighted by atomic mass is 10.1. The van der Waals surface area contributed by atoms with Crippen molar-refractivity contribution >= 4 is 5.97 Å². The van der Waals surface area contributed by atoms with E-state index in [1.54, 1.807) is 0 Å². The Kier molecular flexibility index (Phi) is 13.2. The highest BCUT2D eigenvalue weighted by Crippen LogP contribution is 2.04. The van der Waals surface area contributed by atoms with Crippen LogP contribution in [0.4, 0.5) is 0 Å². The number of hydrogen-bond acceptors (Lipinski definition) is 2. The standard InChI is InChI=1S/C16H28O2/c1-3-5-6-7-8-9-10-11-12-13-14-15-16(17)18-4-2/h6-7,12-13H,3-5,8-11,14-15H2,1-2H3/b7-6-,13-12+. The fourth-order valence-corrected chi connectivity index (χ4v) is 1.60. The van der Waals surface area contributed by atoms with E-state index in [1.165, 1.54) is 32.1 Å². The minimum atomic E-state index is -0.0942. The van der Waals surface area contributed by atoms with Crippen LogP contribution in [0.25, 0.3) is 0 Å². The molecule has 0 unspecified atom stereocenters. The number of rotatable bonds is 11. The topological polar surface area (TPSA) is 26.3 Å². The largest absolute Gasteiger partial charge is 0.466 e. The molecule has 2 nitrogen and oxygen atoms in total. The predicted molar refractivity (Wildman–Crippen MR) is 77.5 cm³/mol. The molecule has 2 heteroatoms. The van der Waals surface area contributed by atoms with Crippen LogP contribution in [0.1, 0.15) is 65.2 Å². The van der Waals surface area contributed by atoms with E-state index in [-0.39, 0.29) is 5.97 Å². The van der Waals surface area contributed by atoms with Crippen molar-refractivity contribution in [3.63, 3.8) is 0 Å².